The fourth-order valence-corrected chi connectivity index (χ4v) is 2.58. The van der Waals surface area contributed by atoms with Gasteiger partial charge in [0.05, 0.1) is 16.7 Å². The highest BCUT2D eigenvalue weighted by Gasteiger charge is 2.29. The van der Waals surface area contributed by atoms with Gasteiger partial charge < -0.3 is 10.0 Å². The highest BCUT2D eigenvalue weighted by molar-refractivity contribution is 7.91. The van der Waals surface area contributed by atoms with E-state index in [1.807, 2.05) is 0 Å². The molecule has 1 aromatic rings. The van der Waals surface area contributed by atoms with Gasteiger partial charge in [0.15, 0.2) is 0 Å². The van der Waals surface area contributed by atoms with Crippen molar-refractivity contribution in [3.05, 3.63) is 24.3 Å². The molecule has 0 spiro atoms. The molecular formula is C11H15F2NO3S. The molecule has 1 unspecified atom stereocenters. The van der Waals surface area contributed by atoms with E-state index in [2.05, 4.69) is 0 Å². The van der Waals surface area contributed by atoms with Crippen LogP contribution in [0.5, 0.6) is 0 Å². The lowest BCUT2D eigenvalue weighted by Gasteiger charge is -2.23. The number of anilines is 1. The maximum absolute atomic E-state index is 12.5. The second kappa shape index (κ2) is 5.62. The summed E-state index contributed by atoms with van der Waals surface area (Å²) in [6, 6.07) is 5.50. The van der Waals surface area contributed by atoms with Crippen molar-refractivity contribution >= 4 is 15.5 Å². The SMILES string of the molecule is CC(O)CN(C)c1ccccc1S(=O)(=O)C(F)F. The quantitative estimate of drug-likeness (QED) is 0.887. The van der Waals surface area contributed by atoms with Gasteiger partial charge in [0.2, 0.25) is 9.84 Å². The van der Waals surface area contributed by atoms with E-state index in [1.54, 1.807) is 6.07 Å². The molecule has 7 heteroatoms. The first-order valence-corrected chi connectivity index (χ1v) is 6.81. The number of nitrogens with zero attached hydrogens (tertiary/aromatic N) is 1. The average molecular weight is 279 g/mol. The van der Waals surface area contributed by atoms with E-state index in [0.717, 1.165) is 6.07 Å². The average Bonchev–Trinajstić information content (AvgIpc) is 2.27. The molecule has 0 heterocycles. The molecule has 0 fully saturated rings. The number of halogens is 2. The van der Waals surface area contributed by atoms with Crippen LogP contribution in [0.1, 0.15) is 6.92 Å². The van der Waals surface area contributed by atoms with E-state index in [0.29, 0.717) is 0 Å². The summed E-state index contributed by atoms with van der Waals surface area (Å²) in [6.07, 6.45) is -0.697. The summed E-state index contributed by atoms with van der Waals surface area (Å²) in [7, 11) is -3.11. The van der Waals surface area contributed by atoms with Crippen molar-refractivity contribution in [3.8, 4) is 0 Å². The lowest BCUT2D eigenvalue weighted by atomic mass is 10.2. The number of likely N-dealkylation sites (N-methyl/N-ethyl adjacent to an activating group) is 1. The molecule has 0 bridgehead atoms. The van der Waals surface area contributed by atoms with Gasteiger partial charge in [-0.05, 0) is 19.1 Å². The second-order valence-electron chi connectivity index (χ2n) is 4.00. The number of benzene rings is 1. The summed E-state index contributed by atoms with van der Waals surface area (Å²) < 4.78 is 48.1. The third-order valence-corrected chi connectivity index (χ3v) is 3.78. The lowest BCUT2D eigenvalue weighted by Crippen LogP contribution is -2.28. The number of sulfone groups is 1. The molecule has 1 N–H and O–H groups in total. The van der Waals surface area contributed by atoms with E-state index >= 15 is 0 Å². The van der Waals surface area contributed by atoms with Gasteiger partial charge in [-0.1, -0.05) is 12.1 Å². The molecule has 0 aliphatic carbocycles. The Hall–Kier alpha value is -1.21. The Morgan fingerprint density at radius 2 is 1.89 bits per heavy atom. The van der Waals surface area contributed by atoms with Gasteiger partial charge in [-0.2, -0.15) is 8.78 Å². The Morgan fingerprint density at radius 1 is 1.33 bits per heavy atom. The summed E-state index contributed by atoms with van der Waals surface area (Å²) in [4.78, 5) is 1.00. The summed E-state index contributed by atoms with van der Waals surface area (Å²) in [5.74, 6) is -3.46. The van der Waals surface area contributed by atoms with Gasteiger partial charge in [-0.25, -0.2) is 8.42 Å². The molecule has 0 radical (unpaired) electrons. The van der Waals surface area contributed by atoms with E-state index in [4.69, 9.17) is 0 Å². The zero-order chi connectivity index (χ0) is 13.9. The van der Waals surface area contributed by atoms with Crippen LogP contribution in [-0.4, -0.2) is 39.0 Å². The third kappa shape index (κ3) is 3.17. The van der Waals surface area contributed by atoms with E-state index in [9.17, 15) is 22.3 Å². The molecule has 102 valence electrons. The number of aliphatic hydroxyl groups is 1. The molecule has 4 nitrogen and oxygen atoms in total. The van der Waals surface area contributed by atoms with Crippen molar-refractivity contribution in [2.75, 3.05) is 18.5 Å². The summed E-state index contributed by atoms with van der Waals surface area (Å²) in [6.45, 7) is 1.68. The third-order valence-electron chi connectivity index (χ3n) is 2.36. The Bertz CT molecular complexity index is 503. The van der Waals surface area contributed by atoms with Crippen LogP contribution >= 0.6 is 0 Å². The largest absolute Gasteiger partial charge is 0.392 e. The van der Waals surface area contributed by atoms with Crippen LogP contribution in [0.4, 0.5) is 14.5 Å². The van der Waals surface area contributed by atoms with Crippen LogP contribution in [0.25, 0.3) is 0 Å². The minimum Gasteiger partial charge on any atom is -0.392 e. The Kier molecular flexibility index (Phi) is 4.64. The summed E-state index contributed by atoms with van der Waals surface area (Å²) >= 11 is 0. The van der Waals surface area contributed by atoms with Crippen LogP contribution in [0.2, 0.25) is 0 Å². The minimum absolute atomic E-state index is 0.149. The number of hydrogen-bond donors (Lipinski definition) is 1. The number of hydrogen-bond acceptors (Lipinski definition) is 4. The predicted octanol–water partition coefficient (Wildman–Crippen LogP) is 1.50. The lowest BCUT2D eigenvalue weighted by molar-refractivity contribution is 0.201. The summed E-state index contributed by atoms with van der Waals surface area (Å²) in [5.41, 5.74) is 0.152. The Morgan fingerprint density at radius 3 is 2.39 bits per heavy atom. The Labute approximate surface area is 105 Å². The molecule has 0 aliphatic heterocycles. The van der Waals surface area contributed by atoms with Crippen molar-refractivity contribution in [2.24, 2.45) is 0 Å². The van der Waals surface area contributed by atoms with Crippen LogP contribution in [0.15, 0.2) is 29.2 Å². The molecule has 1 rings (SSSR count). The van der Waals surface area contributed by atoms with Crippen molar-refractivity contribution in [3.63, 3.8) is 0 Å². The smallest absolute Gasteiger partial charge is 0.341 e. The van der Waals surface area contributed by atoms with E-state index < -0.39 is 26.6 Å². The molecule has 0 amide bonds. The second-order valence-corrected chi connectivity index (χ2v) is 5.89. The molecule has 0 saturated carbocycles. The number of para-hydroxylation sites is 1. The topological polar surface area (TPSA) is 57.6 Å². The normalized spacial score (nSPS) is 13.7. The van der Waals surface area contributed by atoms with Gasteiger partial charge >= 0.3 is 5.76 Å². The van der Waals surface area contributed by atoms with Gasteiger partial charge in [-0.3, -0.25) is 0 Å². The highest BCUT2D eigenvalue weighted by atomic mass is 32.2. The molecule has 0 aliphatic rings. The van der Waals surface area contributed by atoms with Gasteiger partial charge in [0.1, 0.15) is 0 Å². The van der Waals surface area contributed by atoms with Crippen LogP contribution in [-0.2, 0) is 9.84 Å². The first-order valence-electron chi connectivity index (χ1n) is 5.27. The number of rotatable bonds is 5. The van der Waals surface area contributed by atoms with Gasteiger partial charge in [0.25, 0.3) is 0 Å². The van der Waals surface area contributed by atoms with Crippen molar-refractivity contribution in [2.45, 2.75) is 23.7 Å². The van der Waals surface area contributed by atoms with Crippen LogP contribution in [0, 0.1) is 0 Å². The maximum Gasteiger partial charge on any atom is 0.341 e. The molecule has 1 aromatic carbocycles. The van der Waals surface area contributed by atoms with Crippen LogP contribution in [0.3, 0.4) is 0 Å². The van der Waals surface area contributed by atoms with Gasteiger partial charge in [-0.15, -0.1) is 0 Å². The number of aliphatic hydroxyl groups excluding tert-OH is 1. The zero-order valence-corrected chi connectivity index (χ0v) is 10.9. The van der Waals surface area contributed by atoms with Crippen molar-refractivity contribution < 1.29 is 22.3 Å². The fourth-order valence-electron chi connectivity index (χ4n) is 1.60. The number of alkyl halides is 2. The van der Waals surface area contributed by atoms with Crippen molar-refractivity contribution in [1.29, 1.82) is 0 Å². The Balaban J connectivity index is 3.23. The van der Waals surface area contributed by atoms with Gasteiger partial charge in [0, 0.05) is 13.6 Å². The molecule has 1 atom stereocenters. The highest BCUT2D eigenvalue weighted by Crippen LogP contribution is 2.28. The standard InChI is InChI=1S/C11H15F2NO3S/c1-8(15)7-14(2)9-5-3-4-6-10(9)18(16,17)11(12)13/h3-6,8,11,15H,7H2,1-2H3. The molecule has 0 aromatic heterocycles. The zero-order valence-electron chi connectivity index (χ0n) is 10.0. The van der Waals surface area contributed by atoms with E-state index in [-0.39, 0.29) is 12.2 Å². The fraction of sp³-hybridized carbons (Fsp3) is 0.455. The maximum atomic E-state index is 12.5. The summed E-state index contributed by atoms with van der Waals surface area (Å²) in [5, 5.41) is 9.25. The monoisotopic (exact) mass is 279 g/mol. The first kappa shape index (κ1) is 14.8. The van der Waals surface area contributed by atoms with Crippen LogP contribution < -0.4 is 4.90 Å². The van der Waals surface area contributed by atoms with Crippen molar-refractivity contribution in [1.82, 2.24) is 0 Å². The minimum atomic E-state index is -4.64. The molecule has 18 heavy (non-hydrogen) atoms. The predicted molar refractivity (Wildman–Crippen MR) is 64.6 cm³/mol. The van der Waals surface area contributed by atoms with E-state index in [1.165, 1.54) is 31.0 Å². The first-order chi connectivity index (χ1) is 8.26. The molecule has 0 saturated heterocycles. The molecular weight excluding hydrogens is 264 g/mol.